The van der Waals surface area contributed by atoms with Gasteiger partial charge in [0.1, 0.15) is 5.54 Å². The maximum Gasteiger partial charge on any atom is 0.325 e. The van der Waals surface area contributed by atoms with Gasteiger partial charge >= 0.3 is 6.03 Å². The van der Waals surface area contributed by atoms with Crippen LogP contribution in [0.4, 0.5) is 10.5 Å². The Kier molecular flexibility index (Phi) is 4.54. The standard InChI is InChI=1S/C19H25N3O3/c1-12-10-13(2)16(14(3)11-12)20-15(23)6-9-22-17(24)19(21-18(22)25)7-4-5-8-19/h10-11H,4-9H2,1-3H3,(H,20,23)(H,21,25). The van der Waals surface area contributed by atoms with Gasteiger partial charge in [-0.25, -0.2) is 4.79 Å². The quantitative estimate of drug-likeness (QED) is 0.825. The van der Waals surface area contributed by atoms with Crippen LogP contribution in [0.5, 0.6) is 0 Å². The van der Waals surface area contributed by atoms with Crippen LogP contribution in [0.2, 0.25) is 0 Å². The Labute approximate surface area is 148 Å². The molecule has 1 aliphatic heterocycles. The average molecular weight is 343 g/mol. The Morgan fingerprint density at radius 3 is 2.36 bits per heavy atom. The van der Waals surface area contributed by atoms with Crippen LogP contribution in [0.25, 0.3) is 0 Å². The normalized spacial score (nSPS) is 18.8. The largest absolute Gasteiger partial charge is 0.326 e. The fourth-order valence-electron chi connectivity index (χ4n) is 3.99. The third-order valence-corrected chi connectivity index (χ3v) is 5.21. The van der Waals surface area contributed by atoms with Gasteiger partial charge in [0.05, 0.1) is 0 Å². The highest BCUT2D eigenvalue weighted by Gasteiger charge is 2.52. The number of anilines is 1. The van der Waals surface area contributed by atoms with E-state index in [4.69, 9.17) is 0 Å². The summed E-state index contributed by atoms with van der Waals surface area (Å²) >= 11 is 0. The van der Waals surface area contributed by atoms with Crippen molar-refractivity contribution < 1.29 is 14.4 Å². The van der Waals surface area contributed by atoms with Gasteiger partial charge in [0, 0.05) is 18.7 Å². The summed E-state index contributed by atoms with van der Waals surface area (Å²) in [5.74, 6) is -0.367. The van der Waals surface area contributed by atoms with Gasteiger partial charge in [-0.15, -0.1) is 0 Å². The van der Waals surface area contributed by atoms with E-state index >= 15 is 0 Å². The maximum absolute atomic E-state index is 12.6. The van der Waals surface area contributed by atoms with Gasteiger partial charge in [0.2, 0.25) is 5.91 Å². The molecule has 25 heavy (non-hydrogen) atoms. The SMILES string of the molecule is Cc1cc(C)c(NC(=O)CCN2C(=O)NC3(CCCC3)C2=O)c(C)c1. The molecule has 134 valence electrons. The molecule has 0 radical (unpaired) electrons. The predicted octanol–water partition coefficient (Wildman–Crippen LogP) is 2.81. The number of rotatable bonds is 4. The molecule has 0 atom stereocenters. The zero-order valence-corrected chi connectivity index (χ0v) is 15.1. The highest BCUT2D eigenvalue weighted by molar-refractivity contribution is 6.07. The molecule has 1 aromatic rings. The zero-order valence-electron chi connectivity index (χ0n) is 15.1. The van der Waals surface area contributed by atoms with Gasteiger partial charge in [-0.3, -0.25) is 14.5 Å². The van der Waals surface area contributed by atoms with Crippen molar-refractivity contribution in [3.8, 4) is 0 Å². The van der Waals surface area contributed by atoms with E-state index in [2.05, 4.69) is 10.6 Å². The summed E-state index contributed by atoms with van der Waals surface area (Å²) in [5.41, 5.74) is 3.25. The number of benzene rings is 1. The lowest BCUT2D eigenvalue weighted by Crippen LogP contribution is -2.44. The second-order valence-corrected chi connectivity index (χ2v) is 7.25. The Balaban J connectivity index is 1.61. The van der Waals surface area contributed by atoms with E-state index in [9.17, 15) is 14.4 Å². The number of nitrogens with one attached hydrogen (secondary N) is 2. The molecule has 1 saturated carbocycles. The summed E-state index contributed by atoms with van der Waals surface area (Å²) < 4.78 is 0. The van der Waals surface area contributed by atoms with Crippen LogP contribution >= 0.6 is 0 Å². The van der Waals surface area contributed by atoms with E-state index in [1.54, 1.807) is 0 Å². The molecule has 2 N–H and O–H groups in total. The number of hydrogen-bond acceptors (Lipinski definition) is 3. The molecule has 1 aromatic carbocycles. The van der Waals surface area contributed by atoms with Crippen LogP contribution in [0.3, 0.4) is 0 Å². The first-order valence-electron chi connectivity index (χ1n) is 8.84. The summed E-state index contributed by atoms with van der Waals surface area (Å²) in [4.78, 5) is 38.2. The van der Waals surface area contributed by atoms with Crippen LogP contribution in [0, 0.1) is 20.8 Å². The summed E-state index contributed by atoms with van der Waals surface area (Å²) in [7, 11) is 0. The summed E-state index contributed by atoms with van der Waals surface area (Å²) in [6.07, 6.45) is 3.39. The number of aryl methyl sites for hydroxylation is 3. The molecule has 3 rings (SSSR count). The molecule has 6 nitrogen and oxygen atoms in total. The van der Waals surface area contributed by atoms with E-state index in [0.717, 1.165) is 35.2 Å². The fourth-order valence-corrected chi connectivity index (χ4v) is 3.99. The number of nitrogens with zero attached hydrogens (tertiary/aromatic N) is 1. The van der Waals surface area contributed by atoms with Gasteiger partial charge in [0.25, 0.3) is 5.91 Å². The minimum Gasteiger partial charge on any atom is -0.326 e. The highest BCUT2D eigenvalue weighted by atomic mass is 16.2. The Bertz CT molecular complexity index is 712. The lowest BCUT2D eigenvalue weighted by atomic mass is 9.98. The molecule has 2 fully saturated rings. The Morgan fingerprint density at radius 2 is 1.76 bits per heavy atom. The number of hydrogen-bond donors (Lipinski definition) is 2. The van der Waals surface area contributed by atoms with Gasteiger partial charge in [-0.05, 0) is 44.7 Å². The van der Waals surface area contributed by atoms with Crippen molar-refractivity contribution >= 4 is 23.5 Å². The lowest BCUT2D eigenvalue weighted by Gasteiger charge is -2.20. The van der Waals surface area contributed by atoms with Gasteiger partial charge in [-0.2, -0.15) is 0 Å². The molecule has 4 amide bonds. The second kappa shape index (κ2) is 6.50. The van der Waals surface area contributed by atoms with Gasteiger partial charge in [-0.1, -0.05) is 30.5 Å². The fraction of sp³-hybridized carbons (Fsp3) is 0.526. The van der Waals surface area contributed by atoms with Gasteiger partial charge < -0.3 is 10.6 Å². The lowest BCUT2D eigenvalue weighted by molar-refractivity contribution is -0.131. The zero-order chi connectivity index (χ0) is 18.2. The molecular formula is C19H25N3O3. The average Bonchev–Trinajstić information content (AvgIpc) is 3.08. The van der Waals surface area contributed by atoms with Crippen molar-refractivity contribution in [3.05, 3.63) is 28.8 Å². The molecule has 0 unspecified atom stereocenters. The van der Waals surface area contributed by atoms with Crippen molar-refractivity contribution in [1.82, 2.24) is 10.2 Å². The molecule has 2 aliphatic rings. The molecule has 1 saturated heterocycles. The van der Waals surface area contributed by atoms with Crippen molar-refractivity contribution in [1.29, 1.82) is 0 Å². The smallest absolute Gasteiger partial charge is 0.325 e. The third kappa shape index (κ3) is 3.25. The van der Waals surface area contributed by atoms with Crippen LogP contribution in [-0.2, 0) is 9.59 Å². The van der Waals surface area contributed by atoms with Gasteiger partial charge in [0.15, 0.2) is 0 Å². The topological polar surface area (TPSA) is 78.5 Å². The van der Waals surface area contributed by atoms with Crippen LogP contribution in [-0.4, -0.2) is 34.8 Å². The van der Waals surface area contributed by atoms with Crippen LogP contribution in [0.15, 0.2) is 12.1 Å². The number of carbonyl (C=O) groups excluding carboxylic acids is 3. The molecule has 1 heterocycles. The Hall–Kier alpha value is -2.37. The summed E-state index contributed by atoms with van der Waals surface area (Å²) in [5, 5.41) is 5.74. The first-order valence-corrected chi connectivity index (χ1v) is 8.84. The van der Waals surface area contributed by atoms with Crippen LogP contribution < -0.4 is 10.6 Å². The Morgan fingerprint density at radius 1 is 1.16 bits per heavy atom. The molecule has 1 spiro atoms. The van der Waals surface area contributed by atoms with Crippen molar-refractivity contribution in [3.63, 3.8) is 0 Å². The number of amides is 4. The molecule has 0 bridgehead atoms. The molecule has 1 aliphatic carbocycles. The van der Waals surface area contributed by atoms with E-state index in [1.807, 2.05) is 32.9 Å². The molecule has 0 aromatic heterocycles. The molecular weight excluding hydrogens is 318 g/mol. The minimum absolute atomic E-state index is 0.0992. The number of urea groups is 1. The van der Waals surface area contributed by atoms with E-state index in [0.29, 0.717) is 12.8 Å². The maximum atomic E-state index is 12.6. The summed E-state index contributed by atoms with van der Waals surface area (Å²) in [6.45, 7) is 6.04. The predicted molar refractivity (Wildman–Crippen MR) is 95.3 cm³/mol. The van der Waals surface area contributed by atoms with Crippen molar-refractivity contribution in [2.45, 2.75) is 58.4 Å². The highest BCUT2D eigenvalue weighted by Crippen LogP contribution is 2.35. The minimum atomic E-state index is -0.711. The van der Waals surface area contributed by atoms with Crippen molar-refractivity contribution in [2.24, 2.45) is 0 Å². The van der Waals surface area contributed by atoms with E-state index in [-0.39, 0.29) is 30.8 Å². The monoisotopic (exact) mass is 343 g/mol. The van der Waals surface area contributed by atoms with E-state index < -0.39 is 5.54 Å². The van der Waals surface area contributed by atoms with E-state index in [1.165, 1.54) is 4.90 Å². The molecule has 6 heteroatoms. The number of imide groups is 1. The third-order valence-electron chi connectivity index (χ3n) is 5.21. The number of carbonyl (C=O) groups is 3. The van der Waals surface area contributed by atoms with Crippen molar-refractivity contribution in [2.75, 3.05) is 11.9 Å². The van der Waals surface area contributed by atoms with Crippen LogP contribution in [0.1, 0.15) is 48.8 Å². The first-order chi connectivity index (χ1) is 11.8. The summed E-state index contributed by atoms with van der Waals surface area (Å²) in [6, 6.07) is 3.66. The first kappa shape index (κ1) is 17.5. The second-order valence-electron chi connectivity index (χ2n) is 7.25.